The van der Waals surface area contributed by atoms with Gasteiger partial charge in [0.25, 0.3) is 5.69 Å². The summed E-state index contributed by atoms with van der Waals surface area (Å²) in [6.07, 6.45) is 2.26. The highest BCUT2D eigenvalue weighted by Gasteiger charge is 2.24. The van der Waals surface area contributed by atoms with Crippen LogP contribution in [0.25, 0.3) is 0 Å². The molecule has 1 fully saturated rings. The lowest BCUT2D eigenvalue weighted by Gasteiger charge is -2.36. The molecule has 1 aliphatic rings. The molecule has 1 aliphatic heterocycles. The number of benzene rings is 1. The van der Waals surface area contributed by atoms with Crippen molar-refractivity contribution in [3.63, 3.8) is 0 Å². The number of non-ortho nitro benzene ring substituents is 1. The van der Waals surface area contributed by atoms with E-state index < -0.39 is 0 Å². The van der Waals surface area contributed by atoms with E-state index in [0.717, 1.165) is 36.1 Å². The summed E-state index contributed by atoms with van der Waals surface area (Å²) in [7, 11) is 0. The Bertz CT molecular complexity index is 479. The van der Waals surface area contributed by atoms with Gasteiger partial charge >= 0.3 is 0 Å². The lowest BCUT2D eigenvalue weighted by molar-refractivity contribution is -0.384. The molecule has 2 unspecified atom stereocenters. The van der Waals surface area contributed by atoms with E-state index in [0.29, 0.717) is 5.92 Å². The summed E-state index contributed by atoms with van der Waals surface area (Å²) in [4.78, 5) is 12.6. The second-order valence-corrected chi connectivity index (χ2v) is 5.95. The second-order valence-electron chi connectivity index (χ2n) is 5.10. The minimum atomic E-state index is -0.379. The summed E-state index contributed by atoms with van der Waals surface area (Å²) >= 11 is 3.43. The van der Waals surface area contributed by atoms with Crippen LogP contribution < -0.4 is 10.6 Å². The van der Waals surface area contributed by atoms with Crippen LogP contribution in [-0.2, 0) is 0 Å². The minimum Gasteiger partial charge on any atom is -0.370 e. The van der Waals surface area contributed by atoms with Gasteiger partial charge in [-0.2, -0.15) is 0 Å². The lowest BCUT2D eigenvalue weighted by Crippen LogP contribution is -2.42. The van der Waals surface area contributed by atoms with Crippen molar-refractivity contribution in [2.24, 2.45) is 11.7 Å². The number of hydrogen-bond donors (Lipinski definition) is 1. The highest BCUT2D eigenvalue weighted by atomic mass is 79.9. The maximum Gasteiger partial charge on any atom is 0.270 e. The SMILES string of the molecule is CC(N)C1CCCN(c2ccc([N+](=O)[O-])cc2Br)C1. The number of rotatable bonds is 3. The third-order valence-electron chi connectivity index (χ3n) is 3.68. The van der Waals surface area contributed by atoms with E-state index in [-0.39, 0.29) is 16.7 Å². The largest absolute Gasteiger partial charge is 0.370 e. The quantitative estimate of drug-likeness (QED) is 0.684. The van der Waals surface area contributed by atoms with Crippen molar-refractivity contribution < 1.29 is 4.92 Å². The average Bonchev–Trinajstić information content (AvgIpc) is 2.38. The molecule has 0 spiro atoms. The number of piperidine rings is 1. The Balaban J connectivity index is 2.19. The van der Waals surface area contributed by atoms with Crippen molar-refractivity contribution in [3.8, 4) is 0 Å². The molecule has 2 rings (SSSR count). The number of nitro benzene ring substituents is 1. The van der Waals surface area contributed by atoms with Crippen LogP contribution >= 0.6 is 15.9 Å². The molecule has 1 aromatic rings. The molecule has 0 aromatic heterocycles. The van der Waals surface area contributed by atoms with Gasteiger partial charge in [-0.3, -0.25) is 10.1 Å². The van der Waals surface area contributed by atoms with Gasteiger partial charge in [0.05, 0.1) is 10.6 Å². The van der Waals surface area contributed by atoms with Crippen LogP contribution in [0.2, 0.25) is 0 Å². The Labute approximate surface area is 121 Å². The van der Waals surface area contributed by atoms with Gasteiger partial charge in [0.2, 0.25) is 0 Å². The number of halogens is 1. The van der Waals surface area contributed by atoms with Crippen molar-refractivity contribution in [1.29, 1.82) is 0 Å². The maximum absolute atomic E-state index is 10.7. The van der Waals surface area contributed by atoms with Gasteiger partial charge in [0.1, 0.15) is 0 Å². The molecule has 104 valence electrons. The van der Waals surface area contributed by atoms with Gasteiger partial charge in [-0.15, -0.1) is 0 Å². The van der Waals surface area contributed by atoms with E-state index >= 15 is 0 Å². The van der Waals surface area contributed by atoms with Crippen molar-refractivity contribution in [1.82, 2.24) is 0 Å². The Morgan fingerprint density at radius 1 is 1.58 bits per heavy atom. The summed E-state index contributed by atoms with van der Waals surface area (Å²) in [5.74, 6) is 0.482. The molecule has 1 aromatic carbocycles. The first-order valence-corrected chi connectivity index (χ1v) is 7.23. The van der Waals surface area contributed by atoms with Crippen molar-refractivity contribution in [2.75, 3.05) is 18.0 Å². The van der Waals surface area contributed by atoms with Crippen molar-refractivity contribution in [2.45, 2.75) is 25.8 Å². The summed E-state index contributed by atoms with van der Waals surface area (Å²) < 4.78 is 0.770. The predicted molar refractivity (Wildman–Crippen MR) is 79.4 cm³/mol. The Morgan fingerprint density at radius 2 is 2.32 bits per heavy atom. The van der Waals surface area contributed by atoms with Gasteiger partial charge < -0.3 is 10.6 Å². The summed E-state index contributed by atoms with van der Waals surface area (Å²) in [5.41, 5.74) is 7.10. The van der Waals surface area contributed by atoms with Crippen LogP contribution in [-0.4, -0.2) is 24.1 Å². The summed E-state index contributed by atoms with van der Waals surface area (Å²) in [6.45, 7) is 3.92. The normalized spacial score (nSPS) is 21.2. The molecule has 0 bridgehead atoms. The molecule has 2 N–H and O–H groups in total. The van der Waals surface area contributed by atoms with Crippen molar-refractivity contribution >= 4 is 27.3 Å². The Hall–Kier alpha value is -1.14. The van der Waals surface area contributed by atoms with Crippen LogP contribution in [0.4, 0.5) is 11.4 Å². The fraction of sp³-hybridized carbons (Fsp3) is 0.538. The van der Waals surface area contributed by atoms with Crippen molar-refractivity contribution in [3.05, 3.63) is 32.8 Å². The molecule has 19 heavy (non-hydrogen) atoms. The maximum atomic E-state index is 10.7. The number of hydrogen-bond acceptors (Lipinski definition) is 4. The van der Waals surface area contributed by atoms with Gasteiger partial charge in [-0.1, -0.05) is 0 Å². The number of nitrogens with two attached hydrogens (primary N) is 1. The molecule has 6 heteroatoms. The Morgan fingerprint density at radius 3 is 2.89 bits per heavy atom. The molecule has 0 radical (unpaired) electrons. The van der Waals surface area contributed by atoms with Crippen LogP contribution in [0.5, 0.6) is 0 Å². The van der Waals surface area contributed by atoms with Crippen LogP contribution in [0.3, 0.4) is 0 Å². The smallest absolute Gasteiger partial charge is 0.270 e. The second kappa shape index (κ2) is 5.88. The van der Waals surface area contributed by atoms with Crippen LogP contribution in [0.15, 0.2) is 22.7 Å². The molecule has 0 aliphatic carbocycles. The van der Waals surface area contributed by atoms with Crippen LogP contribution in [0.1, 0.15) is 19.8 Å². The van der Waals surface area contributed by atoms with Gasteiger partial charge in [0.15, 0.2) is 0 Å². The zero-order valence-corrected chi connectivity index (χ0v) is 12.5. The van der Waals surface area contributed by atoms with Crippen LogP contribution in [0, 0.1) is 16.0 Å². The fourth-order valence-corrected chi connectivity index (χ4v) is 3.14. The number of nitro groups is 1. The highest BCUT2D eigenvalue weighted by Crippen LogP contribution is 2.33. The average molecular weight is 328 g/mol. The third kappa shape index (κ3) is 3.25. The van der Waals surface area contributed by atoms with E-state index in [1.807, 2.05) is 13.0 Å². The minimum absolute atomic E-state index is 0.108. The molecular weight excluding hydrogens is 310 g/mol. The summed E-state index contributed by atoms with van der Waals surface area (Å²) in [5, 5.41) is 10.7. The monoisotopic (exact) mass is 327 g/mol. The van der Waals surface area contributed by atoms with E-state index in [9.17, 15) is 10.1 Å². The standard InChI is InChI=1S/C13H18BrN3O2/c1-9(15)10-3-2-6-16(8-10)13-5-4-11(17(18)19)7-12(13)14/h4-5,7,9-10H,2-3,6,8,15H2,1H3. The van der Waals surface area contributed by atoms with E-state index in [2.05, 4.69) is 20.8 Å². The first-order valence-electron chi connectivity index (χ1n) is 6.43. The lowest BCUT2D eigenvalue weighted by atomic mass is 9.92. The molecular formula is C13H18BrN3O2. The third-order valence-corrected chi connectivity index (χ3v) is 4.32. The molecule has 2 atom stereocenters. The zero-order chi connectivity index (χ0) is 14.0. The van der Waals surface area contributed by atoms with Gasteiger partial charge in [-0.05, 0) is 47.7 Å². The molecule has 0 amide bonds. The predicted octanol–water partition coefficient (Wildman–Crippen LogP) is 2.92. The molecule has 1 heterocycles. The van der Waals surface area contributed by atoms with Gasteiger partial charge in [0, 0.05) is 35.7 Å². The Kier molecular flexibility index (Phi) is 4.42. The van der Waals surface area contributed by atoms with E-state index in [1.54, 1.807) is 12.1 Å². The van der Waals surface area contributed by atoms with E-state index in [4.69, 9.17) is 5.73 Å². The molecule has 0 saturated carbocycles. The molecule has 1 saturated heterocycles. The highest BCUT2D eigenvalue weighted by molar-refractivity contribution is 9.10. The van der Waals surface area contributed by atoms with Gasteiger partial charge in [-0.25, -0.2) is 0 Å². The first-order chi connectivity index (χ1) is 8.99. The number of nitrogens with zero attached hydrogens (tertiary/aromatic N) is 2. The zero-order valence-electron chi connectivity index (χ0n) is 10.9. The molecule has 5 nitrogen and oxygen atoms in total. The topological polar surface area (TPSA) is 72.4 Å². The fourth-order valence-electron chi connectivity index (χ4n) is 2.52. The number of anilines is 1. The van der Waals surface area contributed by atoms with E-state index in [1.165, 1.54) is 0 Å². The first kappa shape index (κ1) is 14.3. The summed E-state index contributed by atoms with van der Waals surface area (Å²) in [6, 6.07) is 5.10.